The van der Waals surface area contributed by atoms with Gasteiger partial charge >= 0.3 is 0 Å². The van der Waals surface area contributed by atoms with Crippen LogP contribution in [0, 0.1) is 6.92 Å². The van der Waals surface area contributed by atoms with Gasteiger partial charge in [-0.2, -0.15) is 0 Å². The first-order chi connectivity index (χ1) is 10.0. The van der Waals surface area contributed by atoms with Crippen molar-refractivity contribution in [1.29, 1.82) is 0 Å². The molecule has 0 aliphatic heterocycles. The van der Waals surface area contributed by atoms with Gasteiger partial charge in [0, 0.05) is 5.39 Å². The highest BCUT2D eigenvalue weighted by atomic mass is 35.5. The third-order valence-corrected chi connectivity index (χ3v) is 5.62. The number of rotatable bonds is 2. The van der Waals surface area contributed by atoms with Gasteiger partial charge in [0.25, 0.3) is 0 Å². The van der Waals surface area contributed by atoms with Crippen LogP contribution in [0.2, 0.25) is 10.0 Å². The van der Waals surface area contributed by atoms with Crippen molar-refractivity contribution in [2.24, 2.45) is 0 Å². The van der Waals surface area contributed by atoms with Crippen LogP contribution in [-0.4, -0.2) is 12.2 Å². The lowest BCUT2D eigenvalue weighted by Gasteiger charge is -2.05. The average Bonchev–Trinajstić information content (AvgIpc) is 2.81. The zero-order valence-corrected chi connectivity index (χ0v) is 13.7. The normalized spacial score (nSPS) is 11.0. The third-order valence-electron chi connectivity index (χ3n) is 3.41. The number of fused-ring (bicyclic) bond motifs is 1. The molecular weight excluding hydrogens is 327 g/mol. The molecule has 0 saturated heterocycles. The first-order valence-electron chi connectivity index (χ1n) is 6.28. The van der Waals surface area contributed by atoms with E-state index in [0.29, 0.717) is 21.2 Å². The Hall–Kier alpha value is -1.42. The molecule has 0 saturated carbocycles. The minimum absolute atomic E-state index is 0.209. The number of halogens is 2. The predicted octanol–water partition coefficient (Wildman–Crippen LogP) is 5.90. The Morgan fingerprint density at radius 2 is 1.86 bits per heavy atom. The van der Waals surface area contributed by atoms with E-state index >= 15 is 0 Å². The largest absolute Gasteiger partial charge is 0.506 e. The van der Waals surface area contributed by atoms with E-state index in [9.17, 15) is 5.11 Å². The molecule has 1 heterocycles. The molecule has 0 aliphatic carbocycles. The van der Waals surface area contributed by atoms with Crippen molar-refractivity contribution in [3.05, 3.63) is 45.9 Å². The maximum Gasteiger partial charge on any atom is 0.142 e. The second-order valence-electron chi connectivity index (χ2n) is 4.68. The zero-order valence-electron chi connectivity index (χ0n) is 11.4. The molecule has 0 bridgehead atoms. The molecule has 3 rings (SSSR count). The van der Waals surface area contributed by atoms with Gasteiger partial charge in [0.1, 0.15) is 16.5 Å². The van der Waals surface area contributed by atoms with E-state index in [-0.39, 0.29) is 5.75 Å². The molecule has 3 aromatic rings. The van der Waals surface area contributed by atoms with E-state index in [0.717, 1.165) is 20.7 Å². The Labute approximate surface area is 136 Å². The summed E-state index contributed by atoms with van der Waals surface area (Å²) in [5.74, 6) is 0.666. The second-order valence-corrected chi connectivity index (χ2v) is 6.45. The Balaban J connectivity index is 2.35. The summed E-state index contributed by atoms with van der Waals surface area (Å²) in [6.45, 7) is 2.01. The molecule has 21 heavy (non-hydrogen) atoms. The molecular formula is C16H12Cl2O2S. The predicted molar refractivity (Wildman–Crippen MR) is 90.2 cm³/mol. The zero-order chi connectivity index (χ0) is 15.1. The van der Waals surface area contributed by atoms with Crippen molar-refractivity contribution in [1.82, 2.24) is 0 Å². The lowest BCUT2D eigenvalue weighted by molar-refractivity contribution is 0.415. The number of hydrogen-bond acceptors (Lipinski definition) is 3. The summed E-state index contributed by atoms with van der Waals surface area (Å²) in [6, 6.07) is 9.62. The van der Waals surface area contributed by atoms with Gasteiger partial charge in [-0.1, -0.05) is 47.5 Å². The van der Waals surface area contributed by atoms with Gasteiger partial charge in [-0.25, -0.2) is 0 Å². The van der Waals surface area contributed by atoms with Crippen LogP contribution >= 0.6 is 34.5 Å². The summed E-state index contributed by atoms with van der Waals surface area (Å²) in [5, 5.41) is 12.0. The monoisotopic (exact) mass is 338 g/mol. The minimum Gasteiger partial charge on any atom is -0.506 e. The van der Waals surface area contributed by atoms with Gasteiger partial charge in [-0.05, 0) is 24.1 Å². The highest BCUT2D eigenvalue weighted by Gasteiger charge is 2.20. The van der Waals surface area contributed by atoms with E-state index in [4.69, 9.17) is 27.9 Å². The van der Waals surface area contributed by atoms with Crippen LogP contribution in [0.1, 0.15) is 5.56 Å². The number of ether oxygens (including phenoxy) is 1. The van der Waals surface area contributed by atoms with Gasteiger partial charge in [0.05, 0.1) is 21.7 Å². The van der Waals surface area contributed by atoms with E-state index in [1.165, 1.54) is 18.4 Å². The summed E-state index contributed by atoms with van der Waals surface area (Å²) < 4.78 is 5.97. The average molecular weight is 339 g/mol. The summed E-state index contributed by atoms with van der Waals surface area (Å²) in [7, 11) is 1.52. The highest BCUT2D eigenvalue weighted by Crippen LogP contribution is 2.50. The van der Waals surface area contributed by atoms with Crippen LogP contribution in [-0.2, 0) is 0 Å². The van der Waals surface area contributed by atoms with E-state index in [1.54, 1.807) is 6.07 Å². The molecule has 0 aliphatic rings. The van der Waals surface area contributed by atoms with Crippen molar-refractivity contribution >= 4 is 44.6 Å². The van der Waals surface area contributed by atoms with Crippen LogP contribution in [0.25, 0.3) is 20.5 Å². The Morgan fingerprint density at radius 1 is 1.14 bits per heavy atom. The van der Waals surface area contributed by atoms with Crippen LogP contribution in [0.5, 0.6) is 11.5 Å². The fraction of sp³-hybridized carbons (Fsp3) is 0.125. The maximum absolute atomic E-state index is 10.6. The Kier molecular flexibility index (Phi) is 3.74. The topological polar surface area (TPSA) is 29.5 Å². The number of methoxy groups -OCH3 is 1. The molecule has 2 nitrogen and oxygen atoms in total. The number of benzene rings is 2. The molecule has 2 aromatic carbocycles. The Morgan fingerprint density at radius 3 is 2.52 bits per heavy atom. The van der Waals surface area contributed by atoms with E-state index < -0.39 is 0 Å². The molecule has 0 radical (unpaired) electrons. The molecule has 0 spiro atoms. The molecule has 1 aromatic heterocycles. The van der Waals surface area contributed by atoms with E-state index in [2.05, 4.69) is 0 Å². The standard InChI is InChI=1S/C16H12Cl2O2S/c1-8-5-3-4-6-9(8)16-14(19)10-7-11(20-2)12(17)13(18)15(10)21-16/h3-7,19H,1-2H3. The van der Waals surface area contributed by atoms with Gasteiger partial charge in [0.2, 0.25) is 0 Å². The Bertz CT molecular complexity index is 840. The van der Waals surface area contributed by atoms with Crippen molar-refractivity contribution in [3.63, 3.8) is 0 Å². The van der Waals surface area contributed by atoms with Crippen molar-refractivity contribution < 1.29 is 9.84 Å². The van der Waals surface area contributed by atoms with Crippen LogP contribution in [0.4, 0.5) is 0 Å². The van der Waals surface area contributed by atoms with Crippen molar-refractivity contribution in [3.8, 4) is 21.9 Å². The third kappa shape index (κ3) is 2.26. The molecule has 0 unspecified atom stereocenters. The number of aromatic hydroxyl groups is 1. The van der Waals surface area contributed by atoms with Gasteiger partial charge in [-0.3, -0.25) is 0 Å². The maximum atomic E-state index is 10.6. The van der Waals surface area contributed by atoms with Crippen LogP contribution in [0.3, 0.4) is 0 Å². The fourth-order valence-corrected chi connectivity index (χ4v) is 4.09. The second kappa shape index (κ2) is 5.41. The summed E-state index contributed by atoms with van der Waals surface area (Å²) in [5.41, 5.74) is 2.08. The SMILES string of the molecule is COc1cc2c(O)c(-c3ccccc3C)sc2c(Cl)c1Cl. The number of aryl methyl sites for hydroxylation is 1. The van der Waals surface area contributed by atoms with Crippen LogP contribution in [0.15, 0.2) is 30.3 Å². The first kappa shape index (κ1) is 14.5. The molecule has 0 amide bonds. The molecule has 0 fully saturated rings. The molecule has 0 atom stereocenters. The molecule has 5 heteroatoms. The molecule has 1 N–H and O–H groups in total. The lowest BCUT2D eigenvalue weighted by atomic mass is 10.1. The van der Waals surface area contributed by atoms with Gasteiger partial charge in [-0.15, -0.1) is 11.3 Å². The summed E-state index contributed by atoms with van der Waals surface area (Å²) >= 11 is 13.9. The van der Waals surface area contributed by atoms with Gasteiger partial charge < -0.3 is 9.84 Å². The number of thiophene rings is 1. The smallest absolute Gasteiger partial charge is 0.142 e. The van der Waals surface area contributed by atoms with E-state index in [1.807, 2.05) is 31.2 Å². The molecule has 108 valence electrons. The van der Waals surface area contributed by atoms with Crippen molar-refractivity contribution in [2.75, 3.05) is 7.11 Å². The van der Waals surface area contributed by atoms with Gasteiger partial charge in [0.15, 0.2) is 0 Å². The highest BCUT2D eigenvalue weighted by molar-refractivity contribution is 7.23. The summed E-state index contributed by atoms with van der Waals surface area (Å²) in [6.07, 6.45) is 0. The first-order valence-corrected chi connectivity index (χ1v) is 7.85. The quantitative estimate of drug-likeness (QED) is 0.630. The van der Waals surface area contributed by atoms with Crippen molar-refractivity contribution in [2.45, 2.75) is 6.92 Å². The minimum atomic E-state index is 0.209. The van der Waals surface area contributed by atoms with Crippen LogP contribution < -0.4 is 4.74 Å². The number of hydrogen-bond donors (Lipinski definition) is 1. The summed E-state index contributed by atoms with van der Waals surface area (Å²) in [4.78, 5) is 0.786. The fourth-order valence-electron chi connectivity index (χ4n) is 2.29. The lowest BCUT2D eigenvalue weighted by Crippen LogP contribution is -1.84.